The molecule has 0 aromatic heterocycles. The first kappa shape index (κ1) is 19.9. The Morgan fingerprint density at radius 3 is 2.71 bits per heavy atom. The third kappa shape index (κ3) is 3.54. The van der Waals surface area contributed by atoms with Crippen molar-refractivity contribution >= 4 is 0 Å². The number of aromatic hydroxyl groups is 2. The van der Waals surface area contributed by atoms with E-state index in [1.165, 1.54) is 22.3 Å². The minimum Gasteiger partial charge on any atom is -0.508 e. The van der Waals surface area contributed by atoms with Crippen molar-refractivity contribution in [3.05, 3.63) is 76.3 Å². The molecule has 5 rings (SSSR count). The molecule has 3 aromatic rings. The van der Waals surface area contributed by atoms with Crippen LogP contribution in [0.4, 0.5) is 0 Å². The lowest BCUT2D eigenvalue weighted by Crippen LogP contribution is -2.35. The first-order valence-electron chi connectivity index (χ1n) is 10.9. The van der Waals surface area contributed by atoms with Crippen LogP contribution in [0.25, 0.3) is 11.1 Å². The molecule has 5 heteroatoms. The number of phenolic OH excluding ortho intramolecular Hbond substituents is 2. The molecule has 0 saturated carbocycles. The quantitative estimate of drug-likeness (QED) is 0.460. The second-order valence-corrected chi connectivity index (χ2v) is 8.34. The molecule has 0 radical (unpaired) electrons. The van der Waals surface area contributed by atoms with Crippen LogP contribution in [0.1, 0.15) is 33.9 Å². The van der Waals surface area contributed by atoms with Crippen molar-refractivity contribution < 1.29 is 14.9 Å². The summed E-state index contributed by atoms with van der Waals surface area (Å²) in [5.74, 6) is 1.12. The Labute approximate surface area is 182 Å². The number of ether oxygens (including phenoxy) is 1. The van der Waals surface area contributed by atoms with E-state index >= 15 is 0 Å². The SMILES string of the molecule is COc1c(O)c(CNCCc2ccc(O)cc2)c2c3c1-c1ccccc1C[C@H]3NCC2. The Kier molecular flexibility index (Phi) is 5.30. The van der Waals surface area contributed by atoms with Gasteiger partial charge in [0.25, 0.3) is 0 Å². The summed E-state index contributed by atoms with van der Waals surface area (Å²) in [5, 5.41) is 27.8. The molecule has 160 valence electrons. The molecule has 0 unspecified atom stereocenters. The molecule has 0 fully saturated rings. The fourth-order valence-electron chi connectivity index (χ4n) is 5.08. The molecule has 31 heavy (non-hydrogen) atoms. The summed E-state index contributed by atoms with van der Waals surface area (Å²) in [6, 6.07) is 16.0. The monoisotopic (exact) mass is 416 g/mol. The van der Waals surface area contributed by atoms with Gasteiger partial charge in [-0.2, -0.15) is 0 Å². The topological polar surface area (TPSA) is 73.8 Å². The summed E-state index contributed by atoms with van der Waals surface area (Å²) < 4.78 is 5.77. The number of hydrogen-bond donors (Lipinski definition) is 4. The van der Waals surface area contributed by atoms with Crippen molar-refractivity contribution in [1.29, 1.82) is 0 Å². The van der Waals surface area contributed by atoms with Crippen LogP contribution in [-0.4, -0.2) is 30.4 Å². The highest BCUT2D eigenvalue weighted by Gasteiger charge is 2.35. The lowest BCUT2D eigenvalue weighted by atomic mass is 9.75. The smallest absolute Gasteiger partial charge is 0.168 e. The number of fused-ring (bicyclic) bond motifs is 2. The molecular weight excluding hydrogens is 388 g/mol. The molecule has 1 heterocycles. The molecule has 0 bridgehead atoms. The highest BCUT2D eigenvalue weighted by molar-refractivity contribution is 5.84. The minimum absolute atomic E-state index is 0.249. The van der Waals surface area contributed by atoms with Crippen molar-refractivity contribution in [2.75, 3.05) is 20.2 Å². The molecular formula is C26H28N2O3. The van der Waals surface area contributed by atoms with Gasteiger partial charge in [-0.15, -0.1) is 0 Å². The number of rotatable bonds is 6. The summed E-state index contributed by atoms with van der Waals surface area (Å²) in [7, 11) is 1.64. The first-order chi connectivity index (χ1) is 15.2. The van der Waals surface area contributed by atoms with Crippen molar-refractivity contribution in [2.45, 2.75) is 31.8 Å². The van der Waals surface area contributed by atoms with Gasteiger partial charge in [-0.05, 0) is 72.3 Å². The van der Waals surface area contributed by atoms with E-state index in [4.69, 9.17) is 4.74 Å². The third-order valence-corrected chi connectivity index (χ3v) is 6.54. The van der Waals surface area contributed by atoms with E-state index in [-0.39, 0.29) is 17.5 Å². The zero-order valence-corrected chi connectivity index (χ0v) is 17.7. The van der Waals surface area contributed by atoms with Gasteiger partial charge in [-0.1, -0.05) is 36.4 Å². The average Bonchev–Trinajstić information content (AvgIpc) is 2.79. The highest BCUT2D eigenvalue weighted by atomic mass is 16.5. The lowest BCUT2D eigenvalue weighted by molar-refractivity contribution is 0.366. The summed E-state index contributed by atoms with van der Waals surface area (Å²) >= 11 is 0. The van der Waals surface area contributed by atoms with Gasteiger partial charge in [0, 0.05) is 23.7 Å². The maximum absolute atomic E-state index is 11.2. The Bertz CT molecular complexity index is 1110. The van der Waals surface area contributed by atoms with Crippen molar-refractivity contribution in [3.63, 3.8) is 0 Å². The molecule has 1 aliphatic carbocycles. The second-order valence-electron chi connectivity index (χ2n) is 8.34. The number of methoxy groups -OCH3 is 1. The molecule has 2 aliphatic rings. The van der Waals surface area contributed by atoms with E-state index in [2.05, 4.69) is 34.9 Å². The number of phenols is 2. The van der Waals surface area contributed by atoms with Crippen LogP contribution in [0, 0.1) is 0 Å². The van der Waals surface area contributed by atoms with Gasteiger partial charge in [0.2, 0.25) is 0 Å². The van der Waals surface area contributed by atoms with Gasteiger partial charge in [0.05, 0.1) is 7.11 Å². The maximum Gasteiger partial charge on any atom is 0.168 e. The van der Waals surface area contributed by atoms with Gasteiger partial charge in [0.15, 0.2) is 11.5 Å². The van der Waals surface area contributed by atoms with Crippen molar-refractivity contribution in [3.8, 4) is 28.4 Å². The molecule has 1 atom stereocenters. The zero-order valence-electron chi connectivity index (χ0n) is 17.7. The van der Waals surface area contributed by atoms with Crippen LogP contribution < -0.4 is 15.4 Å². The van der Waals surface area contributed by atoms with Crippen LogP contribution in [0.2, 0.25) is 0 Å². The van der Waals surface area contributed by atoms with Crippen LogP contribution in [0.5, 0.6) is 17.2 Å². The van der Waals surface area contributed by atoms with E-state index in [0.29, 0.717) is 12.3 Å². The molecule has 3 aromatic carbocycles. The molecule has 0 saturated heterocycles. The predicted octanol–water partition coefficient (Wildman–Crippen LogP) is 3.85. The molecule has 5 nitrogen and oxygen atoms in total. The first-order valence-corrected chi connectivity index (χ1v) is 10.9. The number of nitrogens with one attached hydrogen (secondary N) is 2. The zero-order chi connectivity index (χ0) is 21.4. The molecule has 0 amide bonds. The Morgan fingerprint density at radius 2 is 1.90 bits per heavy atom. The largest absolute Gasteiger partial charge is 0.508 e. The van der Waals surface area contributed by atoms with Crippen LogP contribution in [0.15, 0.2) is 48.5 Å². The molecule has 1 aliphatic heterocycles. The van der Waals surface area contributed by atoms with Crippen molar-refractivity contribution in [2.24, 2.45) is 0 Å². The van der Waals surface area contributed by atoms with E-state index in [9.17, 15) is 10.2 Å². The van der Waals surface area contributed by atoms with E-state index in [1.807, 2.05) is 12.1 Å². The second kappa shape index (κ2) is 8.25. The average molecular weight is 417 g/mol. The third-order valence-electron chi connectivity index (χ3n) is 6.54. The Balaban J connectivity index is 1.47. The van der Waals surface area contributed by atoms with Gasteiger partial charge < -0.3 is 25.6 Å². The lowest BCUT2D eigenvalue weighted by Gasteiger charge is -2.37. The normalized spacial score (nSPS) is 16.5. The summed E-state index contributed by atoms with van der Waals surface area (Å²) in [4.78, 5) is 0. The predicted molar refractivity (Wildman–Crippen MR) is 122 cm³/mol. The standard InChI is InChI=1S/C26H28N2O3/c1-31-26-24-19-5-3-2-4-17(19)14-22-23(24)20(11-13-28-22)21(25(26)30)15-27-12-10-16-6-8-18(29)9-7-16/h2-9,22,27-30H,10-15H2,1H3/t22-/m1/s1. The highest BCUT2D eigenvalue weighted by Crippen LogP contribution is 2.52. The summed E-state index contributed by atoms with van der Waals surface area (Å²) in [5.41, 5.74) is 8.16. The van der Waals surface area contributed by atoms with Gasteiger partial charge in [0.1, 0.15) is 5.75 Å². The fourth-order valence-corrected chi connectivity index (χ4v) is 5.08. The number of hydrogen-bond acceptors (Lipinski definition) is 5. The fraction of sp³-hybridized carbons (Fsp3) is 0.308. The Hall–Kier alpha value is -3.02. The van der Waals surface area contributed by atoms with Crippen molar-refractivity contribution in [1.82, 2.24) is 10.6 Å². The van der Waals surface area contributed by atoms with Gasteiger partial charge in [-0.25, -0.2) is 0 Å². The maximum atomic E-state index is 11.2. The van der Waals surface area contributed by atoms with Crippen LogP contribution >= 0.6 is 0 Å². The molecule has 4 N–H and O–H groups in total. The van der Waals surface area contributed by atoms with Gasteiger partial charge in [-0.3, -0.25) is 0 Å². The van der Waals surface area contributed by atoms with Crippen LogP contribution in [-0.2, 0) is 25.8 Å². The Morgan fingerprint density at radius 1 is 1.10 bits per heavy atom. The van der Waals surface area contributed by atoms with Crippen LogP contribution in [0.3, 0.4) is 0 Å². The summed E-state index contributed by atoms with van der Waals surface area (Å²) in [6.07, 6.45) is 2.71. The van der Waals surface area contributed by atoms with E-state index in [0.717, 1.165) is 49.0 Å². The van der Waals surface area contributed by atoms with E-state index in [1.54, 1.807) is 19.2 Å². The summed E-state index contributed by atoms with van der Waals surface area (Å²) in [6.45, 7) is 2.29. The van der Waals surface area contributed by atoms with E-state index < -0.39 is 0 Å². The van der Waals surface area contributed by atoms with Gasteiger partial charge >= 0.3 is 0 Å². The number of benzene rings is 3. The molecule has 0 spiro atoms. The minimum atomic E-state index is 0.249.